The molecule has 31 heavy (non-hydrogen) atoms. The van der Waals surface area contributed by atoms with E-state index in [-0.39, 0.29) is 24.7 Å². The lowest BCUT2D eigenvalue weighted by Crippen LogP contribution is -2.51. The number of hydrogen-bond acceptors (Lipinski definition) is 6. The van der Waals surface area contributed by atoms with Crippen LogP contribution in [0.2, 0.25) is 0 Å². The standard InChI is InChI=1S/C22H24FN5O3/c23-16-6-4-15(5-7-16)22(30)25-19-9-8-17(31-21(19)14-29)10-12-28-13-20(26-27-28)18-3-1-2-11-24-18/h1-7,11,13,17,19,21,29H,8-10,12,14H2,(H,25,30)/t17-,19+,21+/m0/s1. The fourth-order valence-corrected chi connectivity index (χ4v) is 3.68. The molecule has 2 N–H and O–H groups in total. The van der Waals surface area contributed by atoms with Gasteiger partial charge in [0.25, 0.3) is 5.91 Å². The summed E-state index contributed by atoms with van der Waals surface area (Å²) in [6, 6.07) is 10.7. The van der Waals surface area contributed by atoms with Gasteiger partial charge in [-0.05, 0) is 55.7 Å². The van der Waals surface area contributed by atoms with Crippen LogP contribution in [0.4, 0.5) is 4.39 Å². The molecule has 9 heteroatoms. The fraction of sp³-hybridized carbons (Fsp3) is 0.364. The van der Waals surface area contributed by atoms with Crippen molar-refractivity contribution >= 4 is 5.91 Å². The molecule has 1 aliphatic rings. The summed E-state index contributed by atoms with van der Waals surface area (Å²) in [4.78, 5) is 16.7. The zero-order valence-corrected chi connectivity index (χ0v) is 16.9. The minimum Gasteiger partial charge on any atom is -0.394 e. The van der Waals surface area contributed by atoms with Gasteiger partial charge in [0.15, 0.2) is 0 Å². The number of rotatable bonds is 7. The Bertz CT molecular complexity index is 996. The first-order chi connectivity index (χ1) is 15.1. The summed E-state index contributed by atoms with van der Waals surface area (Å²) < 4.78 is 20.8. The van der Waals surface area contributed by atoms with Gasteiger partial charge in [-0.2, -0.15) is 0 Å². The number of aromatic nitrogens is 4. The van der Waals surface area contributed by atoms with Gasteiger partial charge in [0.2, 0.25) is 0 Å². The monoisotopic (exact) mass is 425 g/mol. The molecule has 1 amide bonds. The van der Waals surface area contributed by atoms with Gasteiger partial charge in [-0.3, -0.25) is 14.5 Å². The molecule has 3 atom stereocenters. The number of aryl methyl sites for hydroxylation is 1. The number of benzene rings is 1. The Kier molecular flexibility index (Phi) is 6.63. The van der Waals surface area contributed by atoms with Crippen molar-refractivity contribution in [1.29, 1.82) is 0 Å². The Labute approximate surface area is 179 Å². The van der Waals surface area contributed by atoms with Gasteiger partial charge < -0.3 is 15.2 Å². The van der Waals surface area contributed by atoms with Gasteiger partial charge >= 0.3 is 0 Å². The third kappa shape index (κ3) is 5.31. The normalized spacial score (nSPS) is 21.0. The third-order valence-corrected chi connectivity index (χ3v) is 5.36. The Morgan fingerprint density at radius 1 is 1.19 bits per heavy atom. The molecule has 0 spiro atoms. The Hall–Kier alpha value is -3.17. The number of aliphatic hydroxyl groups is 1. The van der Waals surface area contributed by atoms with Crippen LogP contribution in [-0.4, -0.2) is 55.8 Å². The van der Waals surface area contributed by atoms with Crippen LogP contribution in [0.25, 0.3) is 11.4 Å². The summed E-state index contributed by atoms with van der Waals surface area (Å²) in [7, 11) is 0. The van der Waals surface area contributed by atoms with Gasteiger partial charge in [-0.15, -0.1) is 5.10 Å². The summed E-state index contributed by atoms with van der Waals surface area (Å²) in [5.41, 5.74) is 1.85. The zero-order chi connectivity index (χ0) is 21.6. The van der Waals surface area contributed by atoms with Crippen molar-refractivity contribution in [3.05, 3.63) is 66.2 Å². The van der Waals surface area contributed by atoms with Crippen LogP contribution in [0.1, 0.15) is 29.6 Å². The largest absolute Gasteiger partial charge is 0.394 e. The summed E-state index contributed by atoms with van der Waals surface area (Å²) >= 11 is 0. The lowest BCUT2D eigenvalue weighted by Gasteiger charge is -2.36. The molecule has 8 nitrogen and oxygen atoms in total. The van der Waals surface area contributed by atoms with Gasteiger partial charge in [0.05, 0.1) is 30.6 Å². The summed E-state index contributed by atoms with van der Waals surface area (Å²) in [5.74, 6) is -0.705. The Morgan fingerprint density at radius 3 is 2.77 bits per heavy atom. The minimum absolute atomic E-state index is 0.0568. The number of nitrogens with one attached hydrogen (secondary N) is 1. The summed E-state index contributed by atoms with van der Waals surface area (Å²) in [6.07, 6.45) is 5.14. The molecule has 0 saturated carbocycles. The highest BCUT2D eigenvalue weighted by Crippen LogP contribution is 2.23. The molecule has 3 heterocycles. The van der Waals surface area contributed by atoms with E-state index in [0.29, 0.717) is 30.6 Å². The number of ether oxygens (including phenoxy) is 1. The number of pyridine rings is 1. The number of carbonyl (C=O) groups is 1. The van der Waals surface area contributed by atoms with Crippen LogP contribution < -0.4 is 5.32 Å². The van der Waals surface area contributed by atoms with Crippen molar-refractivity contribution < 1.29 is 19.0 Å². The van der Waals surface area contributed by atoms with E-state index >= 15 is 0 Å². The van der Waals surface area contributed by atoms with E-state index in [1.807, 2.05) is 24.4 Å². The summed E-state index contributed by atoms with van der Waals surface area (Å²) in [6.45, 7) is 0.424. The molecule has 0 radical (unpaired) electrons. The van der Waals surface area contributed by atoms with Gasteiger partial charge in [-0.25, -0.2) is 4.39 Å². The first-order valence-corrected chi connectivity index (χ1v) is 10.3. The zero-order valence-electron chi connectivity index (χ0n) is 16.9. The molecule has 1 aromatic carbocycles. The SMILES string of the molecule is O=C(N[C@@H]1CC[C@@H](CCn2cc(-c3ccccn3)nn2)O[C@@H]1CO)c1ccc(F)cc1. The number of nitrogens with zero attached hydrogens (tertiary/aromatic N) is 4. The molecule has 1 fully saturated rings. The van der Waals surface area contributed by atoms with Crippen molar-refractivity contribution in [3.8, 4) is 11.4 Å². The number of halogens is 1. The second kappa shape index (κ2) is 9.76. The number of hydrogen-bond donors (Lipinski definition) is 2. The highest BCUT2D eigenvalue weighted by molar-refractivity contribution is 5.94. The second-order valence-corrected chi connectivity index (χ2v) is 7.51. The maximum Gasteiger partial charge on any atom is 0.251 e. The van der Waals surface area contributed by atoms with E-state index in [2.05, 4.69) is 20.6 Å². The topological polar surface area (TPSA) is 102 Å². The van der Waals surface area contributed by atoms with E-state index in [0.717, 1.165) is 12.1 Å². The van der Waals surface area contributed by atoms with Crippen molar-refractivity contribution in [1.82, 2.24) is 25.3 Å². The number of aliphatic hydroxyl groups excluding tert-OH is 1. The van der Waals surface area contributed by atoms with Crippen molar-refractivity contribution in [2.24, 2.45) is 0 Å². The maximum atomic E-state index is 13.1. The molecular weight excluding hydrogens is 401 g/mol. The van der Waals surface area contributed by atoms with Crippen LogP contribution in [0.3, 0.4) is 0 Å². The molecule has 4 rings (SSSR count). The predicted molar refractivity (Wildman–Crippen MR) is 111 cm³/mol. The first kappa shape index (κ1) is 21.1. The minimum atomic E-state index is -0.497. The molecule has 162 valence electrons. The molecule has 0 aliphatic carbocycles. The van der Waals surface area contributed by atoms with Crippen molar-refractivity contribution in [2.75, 3.05) is 6.61 Å². The maximum absolute atomic E-state index is 13.1. The highest BCUT2D eigenvalue weighted by atomic mass is 19.1. The number of carbonyl (C=O) groups excluding carboxylic acids is 1. The molecule has 1 saturated heterocycles. The van der Waals surface area contributed by atoms with E-state index in [1.165, 1.54) is 24.3 Å². The lowest BCUT2D eigenvalue weighted by molar-refractivity contribution is -0.0912. The van der Waals surface area contributed by atoms with E-state index in [9.17, 15) is 14.3 Å². The molecule has 2 aromatic heterocycles. The van der Waals surface area contributed by atoms with Crippen molar-refractivity contribution in [2.45, 2.75) is 44.1 Å². The molecular formula is C22H24FN5O3. The highest BCUT2D eigenvalue weighted by Gasteiger charge is 2.32. The fourth-order valence-electron chi connectivity index (χ4n) is 3.68. The van der Waals surface area contributed by atoms with E-state index < -0.39 is 11.9 Å². The van der Waals surface area contributed by atoms with Crippen LogP contribution in [0.5, 0.6) is 0 Å². The van der Waals surface area contributed by atoms with Gasteiger partial charge in [0, 0.05) is 18.3 Å². The van der Waals surface area contributed by atoms with E-state index in [4.69, 9.17) is 4.74 Å². The quantitative estimate of drug-likeness (QED) is 0.602. The van der Waals surface area contributed by atoms with E-state index in [1.54, 1.807) is 10.9 Å². The average Bonchev–Trinajstić information content (AvgIpc) is 3.28. The predicted octanol–water partition coefficient (Wildman–Crippen LogP) is 2.21. The van der Waals surface area contributed by atoms with Crippen LogP contribution >= 0.6 is 0 Å². The molecule has 0 bridgehead atoms. The van der Waals surface area contributed by atoms with Gasteiger partial charge in [-0.1, -0.05) is 11.3 Å². The third-order valence-electron chi connectivity index (χ3n) is 5.36. The average molecular weight is 425 g/mol. The van der Waals surface area contributed by atoms with Crippen LogP contribution in [0.15, 0.2) is 54.9 Å². The smallest absolute Gasteiger partial charge is 0.251 e. The molecule has 3 aromatic rings. The summed E-state index contributed by atoms with van der Waals surface area (Å²) in [5, 5.41) is 21.0. The molecule has 0 unspecified atom stereocenters. The Balaban J connectivity index is 1.29. The second-order valence-electron chi connectivity index (χ2n) is 7.51. The lowest BCUT2D eigenvalue weighted by atomic mass is 9.96. The Morgan fingerprint density at radius 2 is 2.03 bits per heavy atom. The van der Waals surface area contributed by atoms with Crippen molar-refractivity contribution in [3.63, 3.8) is 0 Å². The van der Waals surface area contributed by atoms with Crippen LogP contribution in [-0.2, 0) is 11.3 Å². The number of amides is 1. The van der Waals surface area contributed by atoms with Crippen LogP contribution in [0, 0.1) is 5.82 Å². The first-order valence-electron chi connectivity index (χ1n) is 10.3. The molecule has 1 aliphatic heterocycles. The van der Waals surface area contributed by atoms with Gasteiger partial charge in [0.1, 0.15) is 17.6 Å².